The lowest BCUT2D eigenvalue weighted by Crippen LogP contribution is -1.97. The maximum absolute atomic E-state index is 5.17. The molecule has 0 bridgehead atoms. The lowest BCUT2D eigenvalue weighted by Gasteiger charge is -2.12. The Morgan fingerprint density at radius 3 is 1.59 bits per heavy atom. The Morgan fingerprint density at radius 2 is 0.857 bits per heavy atom. The molecule has 0 unspecified atom stereocenters. The Morgan fingerprint density at radius 1 is 0.302 bits per heavy atom. The van der Waals surface area contributed by atoms with Crippen LogP contribution >= 0.6 is 0 Å². The number of rotatable bonds is 7. The summed E-state index contributed by atoms with van der Waals surface area (Å²) >= 11 is 0. The zero-order valence-corrected chi connectivity index (χ0v) is 34.0. The van der Waals surface area contributed by atoms with Crippen LogP contribution < -0.4 is 0 Å². The Hall–Kier alpha value is -8.61. The number of fused-ring (bicyclic) bond motifs is 5. The molecule has 0 aliphatic rings. The second kappa shape index (κ2) is 15.1. The summed E-state index contributed by atoms with van der Waals surface area (Å²) in [5.74, 6) is 0.682. The van der Waals surface area contributed by atoms with Crippen LogP contribution in [0, 0.1) is 0 Å². The molecule has 0 saturated carbocycles. The summed E-state index contributed by atoms with van der Waals surface area (Å²) in [7, 11) is 0. The van der Waals surface area contributed by atoms with Crippen LogP contribution in [0.2, 0.25) is 0 Å². The fourth-order valence-corrected chi connectivity index (χ4v) is 8.69. The van der Waals surface area contributed by atoms with E-state index < -0.39 is 0 Å². The largest absolute Gasteiger partial charge is 0.309 e. The Kier molecular flexibility index (Phi) is 8.71. The van der Waals surface area contributed by atoms with Crippen molar-refractivity contribution in [1.82, 2.24) is 29.5 Å². The van der Waals surface area contributed by atoms with Crippen LogP contribution in [0.4, 0.5) is 0 Å². The first-order valence-corrected chi connectivity index (χ1v) is 21.1. The first-order valence-electron chi connectivity index (χ1n) is 21.1. The van der Waals surface area contributed by atoms with Gasteiger partial charge in [0.05, 0.1) is 50.5 Å². The van der Waals surface area contributed by atoms with E-state index in [-0.39, 0.29) is 0 Å². The molecule has 0 radical (unpaired) electrons. The molecule has 0 saturated heterocycles. The average molecular weight is 805 g/mol. The Bertz CT molecular complexity index is 3620. The van der Waals surface area contributed by atoms with E-state index in [9.17, 15) is 0 Å². The van der Waals surface area contributed by atoms with Crippen molar-refractivity contribution in [1.29, 1.82) is 0 Å². The second-order valence-corrected chi connectivity index (χ2v) is 15.7. The summed E-state index contributed by atoms with van der Waals surface area (Å²) in [5, 5.41) is 4.62. The van der Waals surface area contributed by atoms with Crippen molar-refractivity contribution in [3.63, 3.8) is 0 Å². The van der Waals surface area contributed by atoms with Gasteiger partial charge in [-0.1, -0.05) is 146 Å². The highest BCUT2D eigenvalue weighted by Gasteiger charge is 2.15. The van der Waals surface area contributed by atoms with E-state index in [4.69, 9.17) is 19.9 Å². The number of nitrogens with zero attached hydrogens (tertiary/aromatic N) is 6. The van der Waals surface area contributed by atoms with Crippen LogP contribution in [0.1, 0.15) is 0 Å². The third kappa shape index (κ3) is 6.67. The molecule has 7 aromatic carbocycles. The van der Waals surface area contributed by atoms with Crippen LogP contribution in [0.15, 0.2) is 219 Å². The first kappa shape index (κ1) is 36.3. The Balaban J connectivity index is 0.887. The number of aromatic nitrogens is 6. The molecular formula is C57H36N6. The molecule has 0 fully saturated rings. The van der Waals surface area contributed by atoms with Crippen LogP contribution in [-0.2, 0) is 0 Å². The molecule has 12 rings (SSSR count). The molecule has 12 aromatic rings. The van der Waals surface area contributed by atoms with E-state index in [1.54, 1.807) is 6.20 Å². The summed E-state index contributed by atoms with van der Waals surface area (Å²) < 4.78 is 2.34. The highest BCUT2D eigenvalue weighted by atomic mass is 15.0. The molecule has 6 nitrogen and oxygen atoms in total. The normalized spacial score (nSPS) is 11.5. The fraction of sp³-hybridized carbons (Fsp3) is 0. The van der Waals surface area contributed by atoms with Gasteiger partial charge in [0.25, 0.3) is 0 Å². The maximum atomic E-state index is 5.17. The van der Waals surface area contributed by atoms with Crippen molar-refractivity contribution >= 4 is 43.6 Å². The van der Waals surface area contributed by atoms with Gasteiger partial charge in [-0.25, -0.2) is 19.9 Å². The smallest absolute Gasteiger partial charge is 0.160 e. The molecular weight excluding hydrogens is 769 g/mol. The number of pyridine rings is 3. The standard InChI is InChI=1S/C57H36N6/c1-2-11-41(12-3-1)57-61-53(36-54(62-57)43-13-10-14-45(33-43)63-55-18-6-4-15-46(55)47-16-5-7-19-56(47)63)38-22-20-37(21-23-38)42-26-24-39-28-30-48(59-51(39)34-42)44-27-25-40-29-31-50(60-52(40)35-44)49-17-8-9-32-58-49/h1-36H. The fourth-order valence-electron chi connectivity index (χ4n) is 8.69. The van der Waals surface area contributed by atoms with Crippen LogP contribution in [-0.4, -0.2) is 29.5 Å². The van der Waals surface area contributed by atoms with Crippen molar-refractivity contribution < 1.29 is 0 Å². The topological polar surface area (TPSA) is 69.4 Å². The summed E-state index contributed by atoms with van der Waals surface area (Å²) in [6.45, 7) is 0. The van der Waals surface area contributed by atoms with Gasteiger partial charge in [-0.2, -0.15) is 0 Å². The zero-order valence-electron chi connectivity index (χ0n) is 34.0. The lowest BCUT2D eigenvalue weighted by atomic mass is 10.00. The van der Waals surface area contributed by atoms with Crippen LogP contribution in [0.3, 0.4) is 0 Å². The quantitative estimate of drug-likeness (QED) is 0.160. The molecule has 0 amide bonds. The SMILES string of the molecule is c1ccc(-c2nc(-c3ccc(-c4ccc5ccc(-c6ccc7ccc(-c8ccccn8)nc7c6)nc5c4)cc3)cc(-c3cccc(-n4c5ccccc5c5ccccc54)c3)n2)cc1. The molecule has 294 valence electrons. The molecule has 0 aliphatic carbocycles. The second-order valence-electron chi connectivity index (χ2n) is 15.7. The van der Waals surface area contributed by atoms with Crippen molar-refractivity contribution in [2.45, 2.75) is 0 Å². The van der Waals surface area contributed by atoms with Gasteiger partial charge in [-0.3, -0.25) is 4.98 Å². The van der Waals surface area contributed by atoms with Gasteiger partial charge in [-0.05, 0) is 77.9 Å². The average Bonchev–Trinajstić information content (AvgIpc) is 3.70. The zero-order chi connectivity index (χ0) is 41.7. The van der Waals surface area contributed by atoms with Gasteiger partial charge in [0, 0.05) is 55.7 Å². The molecule has 5 heterocycles. The minimum Gasteiger partial charge on any atom is -0.309 e. The number of para-hydroxylation sites is 2. The third-order valence-electron chi connectivity index (χ3n) is 11.9. The van der Waals surface area contributed by atoms with Gasteiger partial charge in [-0.15, -0.1) is 0 Å². The van der Waals surface area contributed by atoms with E-state index in [0.717, 1.165) is 89.3 Å². The minimum atomic E-state index is 0.682. The molecule has 0 atom stereocenters. The third-order valence-corrected chi connectivity index (χ3v) is 11.9. The first-order chi connectivity index (χ1) is 31.2. The van der Waals surface area contributed by atoms with Gasteiger partial charge in [0.15, 0.2) is 5.82 Å². The summed E-state index contributed by atoms with van der Waals surface area (Å²) in [6, 6.07) is 73.9. The molecule has 0 N–H and O–H groups in total. The monoisotopic (exact) mass is 804 g/mol. The summed E-state index contributed by atoms with van der Waals surface area (Å²) in [6.07, 6.45) is 1.80. The van der Waals surface area contributed by atoms with Gasteiger partial charge >= 0.3 is 0 Å². The van der Waals surface area contributed by atoms with Crippen molar-refractivity contribution in [3.05, 3.63) is 219 Å². The molecule has 5 aromatic heterocycles. The molecule has 6 heteroatoms. The van der Waals surface area contributed by atoms with E-state index in [2.05, 4.69) is 179 Å². The Labute approximate surface area is 363 Å². The molecule has 63 heavy (non-hydrogen) atoms. The van der Waals surface area contributed by atoms with E-state index in [1.807, 2.05) is 42.5 Å². The van der Waals surface area contributed by atoms with E-state index in [0.29, 0.717) is 5.82 Å². The van der Waals surface area contributed by atoms with E-state index in [1.165, 1.54) is 21.8 Å². The van der Waals surface area contributed by atoms with Gasteiger partial charge in [0.2, 0.25) is 0 Å². The van der Waals surface area contributed by atoms with Crippen LogP contribution in [0.5, 0.6) is 0 Å². The van der Waals surface area contributed by atoms with Crippen molar-refractivity contribution in [2.75, 3.05) is 0 Å². The number of benzene rings is 7. The highest BCUT2D eigenvalue weighted by molar-refractivity contribution is 6.09. The van der Waals surface area contributed by atoms with Gasteiger partial charge < -0.3 is 4.57 Å². The highest BCUT2D eigenvalue weighted by Crippen LogP contribution is 2.35. The number of hydrogen-bond acceptors (Lipinski definition) is 5. The predicted molar refractivity (Wildman–Crippen MR) is 257 cm³/mol. The van der Waals surface area contributed by atoms with E-state index >= 15 is 0 Å². The number of hydrogen-bond donors (Lipinski definition) is 0. The minimum absolute atomic E-state index is 0.682. The lowest BCUT2D eigenvalue weighted by molar-refractivity contribution is 1.16. The molecule has 0 spiro atoms. The maximum Gasteiger partial charge on any atom is 0.160 e. The van der Waals surface area contributed by atoms with Crippen LogP contribution in [0.25, 0.3) is 117 Å². The van der Waals surface area contributed by atoms with Gasteiger partial charge in [0.1, 0.15) is 0 Å². The molecule has 0 aliphatic heterocycles. The van der Waals surface area contributed by atoms with Crippen molar-refractivity contribution in [3.8, 4) is 73.4 Å². The van der Waals surface area contributed by atoms with Crippen molar-refractivity contribution in [2.24, 2.45) is 0 Å². The summed E-state index contributed by atoms with van der Waals surface area (Å²) in [4.78, 5) is 24.9. The summed E-state index contributed by atoms with van der Waals surface area (Å²) in [5.41, 5.74) is 15.8. The predicted octanol–water partition coefficient (Wildman–Crippen LogP) is 14.1.